The fourth-order valence-electron chi connectivity index (χ4n) is 3.71. The van der Waals surface area contributed by atoms with Crippen LogP contribution >= 0.6 is 11.6 Å². The molecular weight excluding hydrogens is 439 g/mol. The highest BCUT2D eigenvalue weighted by molar-refractivity contribution is 6.30. The number of likely N-dealkylation sites (tertiary alicyclic amines) is 1. The highest BCUT2D eigenvalue weighted by Gasteiger charge is 2.34. The second-order valence-corrected chi connectivity index (χ2v) is 8.01. The lowest BCUT2D eigenvalue weighted by Crippen LogP contribution is -2.48. The van der Waals surface area contributed by atoms with Crippen molar-refractivity contribution in [1.29, 1.82) is 0 Å². The molecule has 0 bridgehead atoms. The molecule has 2 amide bonds. The SMILES string of the molecule is C[C@@H]1CC[C@@H](C(=O)Nc2cc(Cl)cnc2O)CN1C(=O)c1ccc(F)cc1-n1nccn1. The van der Waals surface area contributed by atoms with E-state index < -0.39 is 11.7 Å². The van der Waals surface area contributed by atoms with Gasteiger partial charge in [-0.05, 0) is 38.0 Å². The highest BCUT2D eigenvalue weighted by Crippen LogP contribution is 2.29. The maximum atomic E-state index is 13.9. The Morgan fingerprint density at radius 1 is 1.22 bits per heavy atom. The summed E-state index contributed by atoms with van der Waals surface area (Å²) in [5.41, 5.74) is 0.547. The van der Waals surface area contributed by atoms with Crippen LogP contribution in [-0.2, 0) is 4.79 Å². The summed E-state index contributed by atoms with van der Waals surface area (Å²) in [6, 6.07) is 5.06. The number of amides is 2. The van der Waals surface area contributed by atoms with Crippen LogP contribution in [0.2, 0.25) is 5.02 Å². The molecule has 9 nitrogen and oxygen atoms in total. The van der Waals surface area contributed by atoms with E-state index in [4.69, 9.17) is 11.6 Å². The molecule has 166 valence electrons. The van der Waals surface area contributed by atoms with Gasteiger partial charge >= 0.3 is 0 Å². The number of pyridine rings is 1. The number of anilines is 1. The second-order valence-electron chi connectivity index (χ2n) is 7.57. The van der Waals surface area contributed by atoms with Gasteiger partial charge in [0.2, 0.25) is 11.8 Å². The molecule has 1 aromatic carbocycles. The summed E-state index contributed by atoms with van der Waals surface area (Å²) in [5, 5.41) is 20.8. The molecule has 1 aliphatic rings. The van der Waals surface area contributed by atoms with Gasteiger partial charge in [-0.15, -0.1) is 0 Å². The zero-order chi connectivity index (χ0) is 22.8. The van der Waals surface area contributed by atoms with Crippen LogP contribution in [0.3, 0.4) is 0 Å². The number of aromatic hydroxyl groups is 1. The minimum Gasteiger partial charge on any atom is -0.492 e. The number of hydrogen-bond acceptors (Lipinski definition) is 6. The van der Waals surface area contributed by atoms with Crippen LogP contribution in [0.15, 0.2) is 42.9 Å². The molecule has 0 aliphatic carbocycles. The molecule has 32 heavy (non-hydrogen) atoms. The fraction of sp³-hybridized carbons (Fsp3) is 0.286. The number of halogens is 2. The van der Waals surface area contributed by atoms with Crippen LogP contribution in [0.1, 0.15) is 30.1 Å². The van der Waals surface area contributed by atoms with Crippen LogP contribution in [-0.4, -0.2) is 54.4 Å². The van der Waals surface area contributed by atoms with Crippen LogP contribution in [0, 0.1) is 11.7 Å². The smallest absolute Gasteiger partial charge is 0.256 e. The molecule has 3 aromatic rings. The topological polar surface area (TPSA) is 113 Å². The van der Waals surface area contributed by atoms with E-state index in [0.717, 1.165) is 0 Å². The van der Waals surface area contributed by atoms with Crippen molar-refractivity contribution in [3.05, 3.63) is 59.3 Å². The lowest BCUT2D eigenvalue weighted by Gasteiger charge is -2.37. The third-order valence-corrected chi connectivity index (χ3v) is 5.64. The number of aromatic nitrogens is 4. The Labute approximate surface area is 187 Å². The minimum atomic E-state index is -0.521. The highest BCUT2D eigenvalue weighted by atomic mass is 35.5. The first-order chi connectivity index (χ1) is 15.3. The van der Waals surface area contributed by atoms with Crippen molar-refractivity contribution in [3.8, 4) is 11.6 Å². The molecule has 0 spiro atoms. The van der Waals surface area contributed by atoms with Gasteiger partial charge in [0.15, 0.2) is 0 Å². The van der Waals surface area contributed by atoms with E-state index in [1.807, 2.05) is 6.92 Å². The molecule has 3 heterocycles. The van der Waals surface area contributed by atoms with Gasteiger partial charge in [-0.2, -0.15) is 15.0 Å². The van der Waals surface area contributed by atoms with Crippen molar-refractivity contribution in [2.24, 2.45) is 5.92 Å². The van der Waals surface area contributed by atoms with E-state index in [2.05, 4.69) is 20.5 Å². The average molecular weight is 459 g/mol. The van der Waals surface area contributed by atoms with E-state index >= 15 is 0 Å². The Morgan fingerprint density at radius 2 is 1.97 bits per heavy atom. The van der Waals surface area contributed by atoms with E-state index in [9.17, 15) is 19.1 Å². The summed E-state index contributed by atoms with van der Waals surface area (Å²) < 4.78 is 13.9. The Bertz CT molecular complexity index is 1160. The first-order valence-electron chi connectivity index (χ1n) is 9.96. The van der Waals surface area contributed by atoms with E-state index in [-0.39, 0.29) is 52.2 Å². The maximum absolute atomic E-state index is 13.9. The van der Waals surface area contributed by atoms with Gasteiger partial charge in [0.05, 0.1) is 28.9 Å². The van der Waals surface area contributed by atoms with E-state index in [1.54, 1.807) is 4.90 Å². The molecule has 0 radical (unpaired) electrons. The van der Waals surface area contributed by atoms with Gasteiger partial charge in [0.1, 0.15) is 17.2 Å². The number of nitrogens with zero attached hydrogens (tertiary/aromatic N) is 5. The van der Waals surface area contributed by atoms with Gasteiger partial charge in [-0.1, -0.05) is 11.6 Å². The third-order valence-electron chi connectivity index (χ3n) is 5.43. The molecule has 0 unspecified atom stereocenters. The third kappa shape index (κ3) is 4.40. The predicted octanol–water partition coefficient (Wildman–Crippen LogP) is 3.04. The second kappa shape index (κ2) is 8.91. The van der Waals surface area contributed by atoms with Crippen molar-refractivity contribution >= 4 is 29.1 Å². The Morgan fingerprint density at radius 3 is 2.72 bits per heavy atom. The van der Waals surface area contributed by atoms with Crippen LogP contribution in [0.4, 0.5) is 10.1 Å². The van der Waals surface area contributed by atoms with Gasteiger partial charge < -0.3 is 15.3 Å². The lowest BCUT2D eigenvalue weighted by atomic mass is 9.91. The molecular formula is C21H20ClFN6O3. The standard InChI is InChI=1S/C21H20ClFN6O3/c1-12-2-3-13(19(30)27-17-8-14(22)10-24-20(17)31)11-28(12)21(32)16-5-4-15(23)9-18(16)29-25-6-7-26-29/h4-10,12-13H,2-3,11H2,1H3,(H,24,31)(H,27,30)/t12-,13-/m1/s1. The molecule has 11 heteroatoms. The Kier molecular flexibility index (Phi) is 6.04. The summed E-state index contributed by atoms with van der Waals surface area (Å²) in [6.07, 6.45) is 5.29. The maximum Gasteiger partial charge on any atom is 0.256 e. The first kappa shape index (κ1) is 21.7. The largest absolute Gasteiger partial charge is 0.492 e. The van der Waals surface area contributed by atoms with Crippen molar-refractivity contribution in [1.82, 2.24) is 24.9 Å². The first-order valence-corrected chi connectivity index (χ1v) is 10.3. The molecule has 2 aromatic heterocycles. The quantitative estimate of drug-likeness (QED) is 0.621. The monoisotopic (exact) mass is 458 g/mol. The number of benzene rings is 1. The number of carbonyl (C=O) groups excluding carboxylic acids is 2. The van der Waals surface area contributed by atoms with Crippen LogP contribution < -0.4 is 5.32 Å². The molecule has 0 saturated carbocycles. The minimum absolute atomic E-state index is 0.101. The zero-order valence-electron chi connectivity index (χ0n) is 17.1. The summed E-state index contributed by atoms with van der Waals surface area (Å²) in [5.74, 6) is -2.09. The van der Waals surface area contributed by atoms with E-state index in [1.165, 1.54) is 47.7 Å². The predicted molar refractivity (Wildman–Crippen MR) is 114 cm³/mol. The molecule has 4 rings (SSSR count). The number of hydrogen-bond donors (Lipinski definition) is 2. The zero-order valence-corrected chi connectivity index (χ0v) is 17.8. The Balaban J connectivity index is 1.56. The average Bonchev–Trinajstić information content (AvgIpc) is 3.31. The fourth-order valence-corrected chi connectivity index (χ4v) is 3.87. The normalized spacial score (nSPS) is 18.4. The van der Waals surface area contributed by atoms with Gasteiger partial charge in [0.25, 0.3) is 5.91 Å². The molecule has 1 aliphatic heterocycles. The summed E-state index contributed by atoms with van der Waals surface area (Å²) in [4.78, 5) is 32.7. The summed E-state index contributed by atoms with van der Waals surface area (Å²) >= 11 is 5.89. The van der Waals surface area contributed by atoms with Crippen molar-refractivity contribution in [2.45, 2.75) is 25.8 Å². The molecule has 1 saturated heterocycles. The van der Waals surface area contributed by atoms with Crippen molar-refractivity contribution < 1.29 is 19.1 Å². The number of carbonyl (C=O) groups is 2. The molecule has 2 atom stereocenters. The van der Waals surface area contributed by atoms with Gasteiger partial charge in [-0.3, -0.25) is 9.59 Å². The summed E-state index contributed by atoms with van der Waals surface area (Å²) in [6.45, 7) is 2.05. The molecule has 2 N–H and O–H groups in total. The van der Waals surface area contributed by atoms with Crippen molar-refractivity contribution in [2.75, 3.05) is 11.9 Å². The van der Waals surface area contributed by atoms with Gasteiger partial charge in [-0.25, -0.2) is 9.37 Å². The van der Waals surface area contributed by atoms with Gasteiger partial charge in [0, 0.05) is 24.8 Å². The van der Waals surface area contributed by atoms with Crippen molar-refractivity contribution in [3.63, 3.8) is 0 Å². The number of rotatable bonds is 4. The Hall–Kier alpha value is -3.53. The van der Waals surface area contributed by atoms with Crippen LogP contribution in [0.5, 0.6) is 5.88 Å². The molecule has 1 fully saturated rings. The number of piperidine rings is 1. The van der Waals surface area contributed by atoms with Crippen LogP contribution in [0.25, 0.3) is 5.69 Å². The summed E-state index contributed by atoms with van der Waals surface area (Å²) in [7, 11) is 0. The van der Waals surface area contributed by atoms with E-state index in [0.29, 0.717) is 12.8 Å². The number of nitrogens with one attached hydrogen (secondary N) is 1. The lowest BCUT2D eigenvalue weighted by molar-refractivity contribution is -0.121.